The van der Waals surface area contributed by atoms with Gasteiger partial charge in [-0.3, -0.25) is 0 Å². The smallest absolute Gasteiger partial charge is 0.0787 e. The summed E-state index contributed by atoms with van der Waals surface area (Å²) in [6, 6.07) is 0. The largest absolute Gasteiger partial charge is 0.379 e. The van der Waals surface area contributed by atoms with E-state index in [1.807, 2.05) is 20.8 Å². The molecule has 0 bridgehead atoms. The second-order valence-electron chi connectivity index (χ2n) is 9.60. The van der Waals surface area contributed by atoms with Crippen molar-refractivity contribution in [2.45, 2.75) is 131 Å². The standard InChI is InChI=1S/C13H28O2.C10H22O2/c1-6-7-8-9-10-14-11-12(2)15-13(3,4)5;1-8(2)11-7-9(3)12-10(4,5)6/h12H,6-11H2,1-5H3;8-9H,7H2,1-6H3. The van der Waals surface area contributed by atoms with Gasteiger partial charge in [-0.1, -0.05) is 26.2 Å². The third-order valence-electron chi connectivity index (χ3n) is 3.27. The van der Waals surface area contributed by atoms with Crippen molar-refractivity contribution in [3.05, 3.63) is 0 Å². The molecule has 0 aliphatic rings. The molecule has 0 heterocycles. The van der Waals surface area contributed by atoms with Crippen molar-refractivity contribution in [3.63, 3.8) is 0 Å². The van der Waals surface area contributed by atoms with Crippen LogP contribution >= 0.6 is 0 Å². The molecule has 0 rings (SSSR count). The molecule has 0 fully saturated rings. The third-order valence-corrected chi connectivity index (χ3v) is 3.27. The molecule has 166 valence electrons. The Morgan fingerprint density at radius 3 is 1.56 bits per heavy atom. The van der Waals surface area contributed by atoms with Gasteiger partial charge in [0.15, 0.2) is 0 Å². The highest BCUT2D eigenvalue weighted by molar-refractivity contribution is 4.63. The van der Waals surface area contributed by atoms with Gasteiger partial charge in [-0.05, 0) is 75.7 Å². The van der Waals surface area contributed by atoms with Crippen LogP contribution in [0, 0.1) is 0 Å². The molecule has 0 N–H and O–H groups in total. The van der Waals surface area contributed by atoms with Gasteiger partial charge in [-0.2, -0.15) is 0 Å². The van der Waals surface area contributed by atoms with Crippen LogP contribution in [-0.2, 0) is 18.9 Å². The average molecular weight is 391 g/mol. The summed E-state index contributed by atoms with van der Waals surface area (Å²) in [5.74, 6) is 0. The Balaban J connectivity index is 0. The minimum Gasteiger partial charge on any atom is -0.379 e. The van der Waals surface area contributed by atoms with E-state index in [1.54, 1.807) is 0 Å². The monoisotopic (exact) mass is 390 g/mol. The molecule has 0 saturated carbocycles. The lowest BCUT2D eigenvalue weighted by Crippen LogP contribution is -2.29. The van der Waals surface area contributed by atoms with E-state index in [0.717, 1.165) is 6.61 Å². The molecule has 0 aliphatic heterocycles. The minimum atomic E-state index is -0.0697. The lowest BCUT2D eigenvalue weighted by Gasteiger charge is -2.25. The summed E-state index contributed by atoms with van der Waals surface area (Å²) in [5, 5.41) is 0. The lowest BCUT2D eigenvalue weighted by atomic mass is 10.2. The van der Waals surface area contributed by atoms with E-state index < -0.39 is 0 Å². The zero-order valence-electron chi connectivity index (χ0n) is 20.3. The highest BCUT2D eigenvalue weighted by atomic mass is 16.6. The van der Waals surface area contributed by atoms with Gasteiger partial charge in [0.1, 0.15) is 0 Å². The third kappa shape index (κ3) is 28.2. The molecule has 0 aromatic rings. The Morgan fingerprint density at radius 2 is 1.15 bits per heavy atom. The zero-order chi connectivity index (χ0) is 21.5. The maximum absolute atomic E-state index is 5.74. The Kier molecular flexibility index (Phi) is 16.9. The number of hydrogen-bond donors (Lipinski definition) is 0. The van der Waals surface area contributed by atoms with Gasteiger partial charge in [0.25, 0.3) is 0 Å². The highest BCUT2D eigenvalue weighted by Gasteiger charge is 2.15. The molecule has 27 heavy (non-hydrogen) atoms. The van der Waals surface area contributed by atoms with Gasteiger partial charge in [0.05, 0.1) is 42.7 Å². The number of hydrogen-bond acceptors (Lipinski definition) is 4. The second kappa shape index (κ2) is 15.7. The van der Waals surface area contributed by atoms with Crippen molar-refractivity contribution in [1.82, 2.24) is 0 Å². The van der Waals surface area contributed by atoms with Crippen LogP contribution in [0.2, 0.25) is 0 Å². The van der Waals surface area contributed by atoms with Crippen molar-refractivity contribution in [1.29, 1.82) is 0 Å². The first-order chi connectivity index (χ1) is 12.3. The Labute approximate surface area is 170 Å². The molecular weight excluding hydrogens is 340 g/mol. The van der Waals surface area contributed by atoms with E-state index in [9.17, 15) is 0 Å². The average Bonchev–Trinajstić information content (AvgIpc) is 2.46. The van der Waals surface area contributed by atoms with Gasteiger partial charge in [0.2, 0.25) is 0 Å². The minimum absolute atomic E-state index is 0.0645. The maximum atomic E-state index is 5.74. The summed E-state index contributed by atoms with van der Waals surface area (Å²) in [4.78, 5) is 0. The normalized spacial score (nSPS) is 14.7. The summed E-state index contributed by atoms with van der Waals surface area (Å²) in [5.41, 5.74) is -0.134. The molecule has 0 aliphatic carbocycles. The fourth-order valence-corrected chi connectivity index (χ4v) is 2.48. The highest BCUT2D eigenvalue weighted by Crippen LogP contribution is 2.11. The van der Waals surface area contributed by atoms with E-state index in [-0.39, 0.29) is 29.5 Å². The summed E-state index contributed by atoms with van der Waals surface area (Å²) >= 11 is 0. The van der Waals surface area contributed by atoms with E-state index in [1.165, 1.54) is 25.7 Å². The van der Waals surface area contributed by atoms with Crippen molar-refractivity contribution in [2.24, 2.45) is 0 Å². The Hall–Kier alpha value is -0.160. The molecule has 0 spiro atoms. The van der Waals surface area contributed by atoms with Crippen LogP contribution in [0.3, 0.4) is 0 Å². The topological polar surface area (TPSA) is 36.9 Å². The first kappa shape index (κ1) is 29.0. The SMILES string of the molecule is CC(C)OCC(C)OC(C)(C)C.CCCCCCOCC(C)OC(C)(C)C. The van der Waals surface area contributed by atoms with E-state index >= 15 is 0 Å². The Bertz CT molecular complexity index is 315. The summed E-state index contributed by atoms with van der Waals surface area (Å²) in [6.45, 7) is 25.0. The van der Waals surface area contributed by atoms with Gasteiger partial charge < -0.3 is 18.9 Å². The van der Waals surface area contributed by atoms with Gasteiger partial charge >= 0.3 is 0 Å². The van der Waals surface area contributed by atoms with Crippen LogP contribution in [0.5, 0.6) is 0 Å². The van der Waals surface area contributed by atoms with Crippen LogP contribution in [0.25, 0.3) is 0 Å². The first-order valence-corrected chi connectivity index (χ1v) is 10.8. The molecule has 4 nitrogen and oxygen atoms in total. The number of rotatable bonds is 12. The molecule has 0 aromatic heterocycles. The van der Waals surface area contributed by atoms with Crippen LogP contribution in [-0.4, -0.2) is 49.3 Å². The van der Waals surface area contributed by atoms with Crippen molar-refractivity contribution >= 4 is 0 Å². The summed E-state index contributed by atoms with van der Waals surface area (Å²) < 4.78 is 22.4. The molecular formula is C23H50O4. The quantitative estimate of drug-likeness (QED) is 0.361. The van der Waals surface area contributed by atoms with Gasteiger partial charge in [-0.15, -0.1) is 0 Å². The fourth-order valence-electron chi connectivity index (χ4n) is 2.48. The summed E-state index contributed by atoms with van der Waals surface area (Å²) in [6.07, 6.45) is 5.71. The van der Waals surface area contributed by atoms with Gasteiger partial charge in [-0.25, -0.2) is 0 Å². The maximum Gasteiger partial charge on any atom is 0.0787 e. The van der Waals surface area contributed by atoms with Crippen LogP contribution in [0.15, 0.2) is 0 Å². The number of ether oxygens (including phenoxy) is 4. The molecule has 0 amide bonds. The molecule has 0 radical (unpaired) electrons. The van der Waals surface area contributed by atoms with E-state index in [2.05, 4.69) is 55.4 Å². The van der Waals surface area contributed by atoms with E-state index in [0.29, 0.717) is 13.2 Å². The number of unbranched alkanes of at least 4 members (excludes halogenated alkanes) is 3. The summed E-state index contributed by atoms with van der Waals surface area (Å²) in [7, 11) is 0. The molecule has 0 aromatic carbocycles. The molecule has 4 heteroatoms. The predicted molar refractivity (Wildman–Crippen MR) is 117 cm³/mol. The molecule has 2 atom stereocenters. The predicted octanol–water partition coefficient (Wildman–Crippen LogP) is 6.40. The van der Waals surface area contributed by atoms with Gasteiger partial charge in [0, 0.05) is 6.61 Å². The fraction of sp³-hybridized carbons (Fsp3) is 1.00. The van der Waals surface area contributed by atoms with Crippen molar-refractivity contribution in [2.75, 3.05) is 19.8 Å². The van der Waals surface area contributed by atoms with Crippen LogP contribution in [0.4, 0.5) is 0 Å². The first-order valence-electron chi connectivity index (χ1n) is 10.8. The second-order valence-corrected chi connectivity index (χ2v) is 9.60. The molecule has 0 saturated heterocycles. The molecule has 2 unspecified atom stereocenters. The van der Waals surface area contributed by atoms with Crippen LogP contribution < -0.4 is 0 Å². The Morgan fingerprint density at radius 1 is 0.667 bits per heavy atom. The van der Waals surface area contributed by atoms with Crippen LogP contribution in [0.1, 0.15) is 102 Å². The lowest BCUT2D eigenvalue weighted by molar-refractivity contribution is -0.0925. The zero-order valence-corrected chi connectivity index (χ0v) is 20.3. The van der Waals surface area contributed by atoms with E-state index in [4.69, 9.17) is 18.9 Å². The van der Waals surface area contributed by atoms with Crippen molar-refractivity contribution in [3.8, 4) is 0 Å². The van der Waals surface area contributed by atoms with Crippen molar-refractivity contribution < 1.29 is 18.9 Å².